The summed E-state index contributed by atoms with van der Waals surface area (Å²) in [5.74, 6) is -0.133. The maximum atomic E-state index is 12.1. The molecule has 0 unspecified atom stereocenters. The Morgan fingerprint density at radius 3 is 2.77 bits per heavy atom. The molecule has 0 spiro atoms. The van der Waals surface area contributed by atoms with Crippen LogP contribution >= 0.6 is 11.8 Å². The Morgan fingerprint density at radius 2 is 2.09 bits per heavy atom. The van der Waals surface area contributed by atoms with Crippen molar-refractivity contribution in [1.82, 2.24) is 4.98 Å². The van der Waals surface area contributed by atoms with Gasteiger partial charge in [0, 0.05) is 15.4 Å². The summed E-state index contributed by atoms with van der Waals surface area (Å²) in [5, 5.41) is 18.7. The number of hydrogen-bond donors (Lipinski definition) is 3. The number of aliphatic hydroxyl groups excluding tert-OH is 1. The van der Waals surface area contributed by atoms with E-state index in [1.54, 1.807) is 6.92 Å². The Bertz CT molecular complexity index is 712. The number of aryl methyl sites for hydroxylation is 1. The Morgan fingerprint density at radius 1 is 1.32 bits per heavy atom. The fourth-order valence-electron chi connectivity index (χ4n) is 2.02. The Labute approximate surface area is 133 Å². The lowest BCUT2D eigenvalue weighted by atomic mass is 10.2. The second-order valence-electron chi connectivity index (χ2n) is 4.93. The van der Waals surface area contributed by atoms with Gasteiger partial charge in [0.2, 0.25) is 0 Å². The molecule has 0 radical (unpaired) electrons. The molecule has 2 aromatic rings. The SMILES string of the molecule is Cc1cccc(Sc2c(C)c(O)[nH]c(=O)c2COCCO)c1. The van der Waals surface area contributed by atoms with Crippen molar-refractivity contribution in [3.05, 3.63) is 51.3 Å². The van der Waals surface area contributed by atoms with Crippen LogP contribution in [0.5, 0.6) is 5.88 Å². The molecule has 1 aromatic carbocycles. The van der Waals surface area contributed by atoms with Crippen LogP contribution in [0.4, 0.5) is 0 Å². The van der Waals surface area contributed by atoms with Crippen LogP contribution in [0.25, 0.3) is 0 Å². The van der Waals surface area contributed by atoms with E-state index in [1.165, 1.54) is 11.8 Å². The number of aromatic nitrogens is 1. The fraction of sp³-hybridized carbons (Fsp3) is 0.312. The van der Waals surface area contributed by atoms with E-state index >= 15 is 0 Å². The molecule has 0 fully saturated rings. The summed E-state index contributed by atoms with van der Waals surface area (Å²) in [6.07, 6.45) is 0. The summed E-state index contributed by atoms with van der Waals surface area (Å²) < 4.78 is 5.28. The molecule has 1 heterocycles. The molecule has 3 N–H and O–H groups in total. The van der Waals surface area contributed by atoms with Crippen LogP contribution < -0.4 is 5.56 Å². The zero-order chi connectivity index (χ0) is 16.1. The van der Waals surface area contributed by atoms with Crippen molar-refractivity contribution in [3.8, 4) is 5.88 Å². The topological polar surface area (TPSA) is 82.5 Å². The van der Waals surface area contributed by atoms with E-state index in [-0.39, 0.29) is 31.3 Å². The van der Waals surface area contributed by atoms with Crippen LogP contribution in [-0.2, 0) is 11.3 Å². The van der Waals surface area contributed by atoms with E-state index in [4.69, 9.17) is 9.84 Å². The van der Waals surface area contributed by atoms with Gasteiger partial charge in [0.05, 0.1) is 25.4 Å². The molecular formula is C16H19NO4S. The van der Waals surface area contributed by atoms with E-state index in [9.17, 15) is 9.90 Å². The lowest BCUT2D eigenvalue weighted by Crippen LogP contribution is -2.17. The van der Waals surface area contributed by atoms with E-state index in [1.807, 2.05) is 31.2 Å². The van der Waals surface area contributed by atoms with Crippen LogP contribution in [0.1, 0.15) is 16.7 Å². The molecule has 2 rings (SSSR count). The summed E-state index contributed by atoms with van der Waals surface area (Å²) >= 11 is 1.42. The number of aromatic hydroxyl groups is 1. The van der Waals surface area contributed by atoms with Crippen molar-refractivity contribution in [2.45, 2.75) is 30.2 Å². The van der Waals surface area contributed by atoms with Gasteiger partial charge in [0.25, 0.3) is 5.56 Å². The molecular weight excluding hydrogens is 302 g/mol. The van der Waals surface area contributed by atoms with Crippen LogP contribution in [0.15, 0.2) is 38.9 Å². The van der Waals surface area contributed by atoms with Crippen molar-refractivity contribution in [1.29, 1.82) is 0 Å². The number of benzene rings is 1. The molecule has 0 aliphatic carbocycles. The number of pyridine rings is 1. The van der Waals surface area contributed by atoms with E-state index < -0.39 is 0 Å². The van der Waals surface area contributed by atoms with E-state index in [0.29, 0.717) is 16.0 Å². The van der Waals surface area contributed by atoms with Gasteiger partial charge in [0.1, 0.15) is 0 Å². The molecule has 0 atom stereocenters. The van der Waals surface area contributed by atoms with Gasteiger partial charge in [-0.25, -0.2) is 0 Å². The van der Waals surface area contributed by atoms with Crippen LogP contribution in [0.2, 0.25) is 0 Å². The van der Waals surface area contributed by atoms with Crippen molar-refractivity contribution in [2.24, 2.45) is 0 Å². The van der Waals surface area contributed by atoms with Crippen molar-refractivity contribution in [3.63, 3.8) is 0 Å². The number of rotatable bonds is 6. The van der Waals surface area contributed by atoms with Crippen molar-refractivity contribution < 1.29 is 14.9 Å². The number of ether oxygens (including phenoxy) is 1. The lowest BCUT2D eigenvalue weighted by Gasteiger charge is -2.13. The van der Waals surface area contributed by atoms with Gasteiger partial charge in [-0.2, -0.15) is 0 Å². The van der Waals surface area contributed by atoms with Gasteiger partial charge in [-0.1, -0.05) is 29.5 Å². The number of hydrogen-bond acceptors (Lipinski definition) is 5. The molecule has 6 heteroatoms. The summed E-state index contributed by atoms with van der Waals surface area (Å²) in [5.41, 5.74) is 1.80. The third-order valence-electron chi connectivity index (χ3n) is 3.17. The second-order valence-corrected chi connectivity index (χ2v) is 6.01. The predicted octanol–water partition coefficient (Wildman–Crippen LogP) is 2.36. The average molecular weight is 321 g/mol. The zero-order valence-electron chi connectivity index (χ0n) is 12.5. The monoisotopic (exact) mass is 321 g/mol. The molecule has 0 saturated carbocycles. The largest absolute Gasteiger partial charge is 0.494 e. The minimum absolute atomic E-state index is 0.0885. The average Bonchev–Trinajstić information content (AvgIpc) is 2.48. The van der Waals surface area contributed by atoms with Gasteiger partial charge in [0.15, 0.2) is 5.88 Å². The first-order chi connectivity index (χ1) is 10.5. The minimum Gasteiger partial charge on any atom is -0.494 e. The van der Waals surface area contributed by atoms with E-state index in [0.717, 1.165) is 10.5 Å². The first-order valence-electron chi connectivity index (χ1n) is 6.90. The molecule has 0 amide bonds. The standard InChI is InChI=1S/C16H19NO4S/c1-10-4-3-5-12(8-10)22-14-11(2)15(19)17-16(20)13(14)9-21-7-6-18/h3-5,8,18H,6-7,9H2,1-2H3,(H2,17,19,20). The van der Waals surface area contributed by atoms with Crippen molar-refractivity contribution >= 4 is 11.8 Å². The highest BCUT2D eigenvalue weighted by atomic mass is 32.2. The van der Waals surface area contributed by atoms with E-state index in [2.05, 4.69) is 4.98 Å². The fourth-order valence-corrected chi connectivity index (χ4v) is 3.17. The second kappa shape index (κ2) is 7.49. The first-order valence-corrected chi connectivity index (χ1v) is 7.72. The lowest BCUT2D eigenvalue weighted by molar-refractivity contribution is 0.0796. The predicted molar refractivity (Wildman–Crippen MR) is 85.5 cm³/mol. The third-order valence-corrected chi connectivity index (χ3v) is 4.41. The van der Waals surface area contributed by atoms with Crippen LogP contribution in [-0.4, -0.2) is 28.4 Å². The van der Waals surface area contributed by atoms with Crippen LogP contribution in [0, 0.1) is 13.8 Å². The minimum atomic E-state index is -0.379. The summed E-state index contributed by atoms with van der Waals surface area (Å²) in [4.78, 5) is 16.2. The van der Waals surface area contributed by atoms with Gasteiger partial charge in [-0.15, -0.1) is 0 Å². The molecule has 0 aliphatic heterocycles. The Kier molecular flexibility index (Phi) is 5.65. The first kappa shape index (κ1) is 16.6. The highest BCUT2D eigenvalue weighted by Crippen LogP contribution is 2.35. The molecule has 0 bridgehead atoms. The van der Waals surface area contributed by atoms with Gasteiger partial charge >= 0.3 is 0 Å². The number of aromatic amines is 1. The van der Waals surface area contributed by atoms with Gasteiger partial charge < -0.3 is 14.9 Å². The molecule has 118 valence electrons. The van der Waals surface area contributed by atoms with Gasteiger partial charge in [-0.3, -0.25) is 9.78 Å². The quantitative estimate of drug-likeness (QED) is 0.712. The van der Waals surface area contributed by atoms with Crippen molar-refractivity contribution in [2.75, 3.05) is 13.2 Å². The molecule has 22 heavy (non-hydrogen) atoms. The highest BCUT2D eigenvalue weighted by Gasteiger charge is 2.16. The summed E-state index contributed by atoms with van der Waals surface area (Å²) in [6.45, 7) is 3.89. The summed E-state index contributed by atoms with van der Waals surface area (Å²) in [6, 6.07) is 7.91. The Balaban J connectivity index is 2.40. The smallest absolute Gasteiger partial charge is 0.257 e. The zero-order valence-corrected chi connectivity index (χ0v) is 13.4. The molecule has 1 aromatic heterocycles. The van der Waals surface area contributed by atoms with Crippen LogP contribution in [0.3, 0.4) is 0 Å². The third kappa shape index (κ3) is 3.91. The number of H-pyrrole nitrogens is 1. The normalized spacial score (nSPS) is 10.9. The maximum absolute atomic E-state index is 12.1. The number of nitrogens with one attached hydrogen (secondary N) is 1. The summed E-state index contributed by atoms with van der Waals surface area (Å²) in [7, 11) is 0. The molecule has 0 aliphatic rings. The maximum Gasteiger partial charge on any atom is 0.257 e. The Hall–Kier alpha value is -1.76. The molecule has 5 nitrogen and oxygen atoms in total. The van der Waals surface area contributed by atoms with Gasteiger partial charge in [-0.05, 0) is 26.0 Å². The molecule has 0 saturated heterocycles. The number of aliphatic hydroxyl groups is 1. The highest BCUT2D eigenvalue weighted by molar-refractivity contribution is 7.99.